The molecule has 0 radical (unpaired) electrons. The minimum absolute atomic E-state index is 0.204. The molecule has 5 rings (SSSR count). The number of carbonyl (C=O) groups is 1. The molecule has 2 aromatic heterocycles. The molecule has 0 bridgehead atoms. The van der Waals surface area contributed by atoms with E-state index < -0.39 is 5.41 Å². The number of piperazine rings is 1. The number of aromatic nitrogens is 2. The fourth-order valence-corrected chi connectivity index (χ4v) is 5.60. The highest BCUT2D eigenvalue weighted by atomic mass is 32.2. The van der Waals surface area contributed by atoms with Gasteiger partial charge in [0.1, 0.15) is 16.7 Å². The van der Waals surface area contributed by atoms with Crippen LogP contribution in [0.4, 0.5) is 5.69 Å². The van der Waals surface area contributed by atoms with Gasteiger partial charge in [0.15, 0.2) is 5.82 Å². The maximum atomic E-state index is 9.50. The number of nitrogens with one attached hydrogen (secondary N) is 3. The molecule has 0 unspecified atom stereocenters. The molecule has 1 aliphatic heterocycles. The van der Waals surface area contributed by atoms with Crippen LogP contribution in [0.2, 0.25) is 0 Å². The van der Waals surface area contributed by atoms with E-state index in [9.17, 15) is 10.1 Å². The lowest BCUT2D eigenvalue weighted by Gasteiger charge is -2.34. The Bertz CT molecular complexity index is 1220. The molecular formula is C26H36N8OS2. The van der Waals surface area contributed by atoms with Crippen molar-refractivity contribution in [3.63, 3.8) is 0 Å². The number of thioether (sulfide) groups is 1. The molecule has 0 amide bonds. The van der Waals surface area contributed by atoms with Crippen LogP contribution in [-0.2, 0) is 4.79 Å². The predicted molar refractivity (Wildman–Crippen MR) is 152 cm³/mol. The topological polar surface area (TPSA) is 124 Å². The number of hydrogen-bond donors (Lipinski definition) is 3. The Balaban J connectivity index is 0.000000586. The van der Waals surface area contributed by atoms with Crippen molar-refractivity contribution in [3.8, 4) is 6.07 Å². The summed E-state index contributed by atoms with van der Waals surface area (Å²) in [6.45, 7) is 9.88. The fraction of sp³-hybridized carbons (Fsp3) is 0.577. The number of likely N-dealkylation sites (N-methyl/N-ethyl adjacent to an activating group) is 1. The van der Waals surface area contributed by atoms with Gasteiger partial charge in [0.05, 0.1) is 28.5 Å². The van der Waals surface area contributed by atoms with Crippen molar-refractivity contribution in [2.45, 2.75) is 56.9 Å². The first kappa shape index (κ1) is 27.6. The van der Waals surface area contributed by atoms with Gasteiger partial charge in [-0.3, -0.25) is 19.9 Å². The molecule has 3 fully saturated rings. The molecule has 2 saturated carbocycles. The van der Waals surface area contributed by atoms with Crippen molar-refractivity contribution in [2.24, 2.45) is 11.3 Å². The first-order valence-corrected chi connectivity index (χ1v) is 14.3. The summed E-state index contributed by atoms with van der Waals surface area (Å²) >= 11 is 2.70. The third-order valence-electron chi connectivity index (χ3n) is 6.93. The number of carbonyl (C=O) groups excluding carboxylic acids is 1. The third kappa shape index (κ3) is 6.55. The molecular weight excluding hydrogens is 504 g/mol. The second-order valence-electron chi connectivity index (χ2n) is 10.8. The van der Waals surface area contributed by atoms with Gasteiger partial charge in [-0.05, 0) is 57.7 Å². The highest BCUT2D eigenvalue weighted by molar-refractivity contribution is 8.26. The van der Waals surface area contributed by atoms with Crippen molar-refractivity contribution < 1.29 is 4.79 Å². The molecule has 1 saturated heterocycles. The van der Waals surface area contributed by atoms with Gasteiger partial charge in [-0.2, -0.15) is 5.26 Å². The van der Waals surface area contributed by atoms with Crippen LogP contribution in [0.25, 0.3) is 5.52 Å². The van der Waals surface area contributed by atoms with E-state index in [4.69, 9.17) is 10.8 Å². The summed E-state index contributed by atoms with van der Waals surface area (Å²) in [7, 11) is 2.15. The van der Waals surface area contributed by atoms with Crippen LogP contribution in [0.15, 0.2) is 23.4 Å². The first-order chi connectivity index (χ1) is 17.6. The lowest BCUT2D eigenvalue weighted by molar-refractivity contribution is -0.110. The van der Waals surface area contributed by atoms with Crippen LogP contribution in [0, 0.1) is 33.5 Å². The summed E-state index contributed by atoms with van der Waals surface area (Å²) in [5, 5.41) is 26.9. The van der Waals surface area contributed by atoms with Crippen LogP contribution in [0.1, 0.15) is 52.3 Å². The largest absolute Gasteiger partial charge is 0.367 e. The van der Waals surface area contributed by atoms with E-state index in [1.54, 1.807) is 11.9 Å². The molecule has 3 aliphatic rings. The molecule has 2 aromatic rings. The Morgan fingerprint density at radius 2 is 1.86 bits per heavy atom. The minimum atomic E-state index is -0.681. The molecule has 11 heteroatoms. The number of nitrogens with zero attached hydrogens (tertiary/aromatic N) is 5. The number of pyridine rings is 1. The van der Waals surface area contributed by atoms with Crippen LogP contribution in [0.3, 0.4) is 0 Å². The maximum absolute atomic E-state index is 9.50. The van der Waals surface area contributed by atoms with Crippen LogP contribution >= 0.6 is 23.7 Å². The smallest absolute Gasteiger partial charge is 0.169 e. The molecule has 0 atom stereocenters. The van der Waals surface area contributed by atoms with Crippen molar-refractivity contribution >= 4 is 51.3 Å². The summed E-state index contributed by atoms with van der Waals surface area (Å²) in [5.41, 5.74) is 1.64. The van der Waals surface area contributed by atoms with Gasteiger partial charge in [0.25, 0.3) is 0 Å². The van der Waals surface area contributed by atoms with Gasteiger partial charge in [0.2, 0.25) is 0 Å². The molecule has 3 N–H and O–H groups in total. The molecule has 3 heterocycles. The quantitative estimate of drug-likeness (QED) is 0.204. The average Bonchev–Trinajstić information content (AvgIpc) is 3.80. The van der Waals surface area contributed by atoms with Gasteiger partial charge in [-0.1, -0.05) is 25.6 Å². The molecule has 9 nitrogen and oxygen atoms in total. The summed E-state index contributed by atoms with van der Waals surface area (Å²) < 4.78 is 5.57. The number of rotatable bonds is 7. The van der Waals surface area contributed by atoms with E-state index in [1.807, 2.05) is 30.6 Å². The van der Waals surface area contributed by atoms with E-state index in [0.29, 0.717) is 18.7 Å². The lowest BCUT2D eigenvalue weighted by Crippen LogP contribution is -2.44. The highest BCUT2D eigenvalue weighted by Gasteiger charge is 2.48. The number of anilines is 1. The number of aldehydes is 1. The number of imidazole rings is 1. The summed E-state index contributed by atoms with van der Waals surface area (Å²) in [6.07, 6.45) is 8.59. The molecule has 0 spiro atoms. The Hall–Kier alpha value is -2.39. The van der Waals surface area contributed by atoms with Crippen LogP contribution < -0.4 is 9.62 Å². The van der Waals surface area contributed by atoms with Gasteiger partial charge in [-0.15, -0.1) is 0 Å². The molecule has 2 aliphatic carbocycles. The minimum Gasteiger partial charge on any atom is -0.367 e. The zero-order valence-electron chi connectivity index (χ0n) is 22.0. The molecule has 198 valence electrons. The Morgan fingerprint density at radius 3 is 2.41 bits per heavy atom. The monoisotopic (exact) mass is 540 g/mol. The van der Waals surface area contributed by atoms with Gasteiger partial charge >= 0.3 is 0 Å². The second kappa shape index (κ2) is 11.2. The summed E-state index contributed by atoms with van der Waals surface area (Å²) in [6, 6.07) is 4.48. The lowest BCUT2D eigenvalue weighted by atomic mass is 10.2. The number of hydrogen-bond acceptors (Lipinski definition) is 10. The Labute approximate surface area is 227 Å². The van der Waals surface area contributed by atoms with E-state index in [0.717, 1.165) is 60.3 Å². The SMILES string of the molecule is CC(C)C=O.CN1CCN(c2cc(SNC3(C)CC3)cn3c(C(=N)SC(=N)C4(C#N)CC4)ncc23)CC1. The zero-order chi connectivity index (χ0) is 26.8. The summed E-state index contributed by atoms with van der Waals surface area (Å²) in [4.78, 5) is 19.9. The zero-order valence-corrected chi connectivity index (χ0v) is 23.6. The standard InChI is InChI=1S/C22H28N8S2.C4H8O/c1-21(3-4-21)27-32-15-11-16(29-9-7-28(2)8-10-29)17-12-26-19(30(17)13-15)18(24)31-20(25)22(14-23)5-6-22;1-4(2)3-5/h11-13,24-25,27H,3-10H2,1-2H3;3-4H,1-2H3. The van der Waals surface area contributed by atoms with Crippen molar-refractivity contribution in [3.05, 3.63) is 24.3 Å². The van der Waals surface area contributed by atoms with E-state index in [-0.39, 0.29) is 21.5 Å². The third-order valence-corrected chi connectivity index (χ3v) is 8.97. The Morgan fingerprint density at radius 1 is 1.22 bits per heavy atom. The van der Waals surface area contributed by atoms with E-state index >= 15 is 0 Å². The maximum Gasteiger partial charge on any atom is 0.169 e. The van der Waals surface area contributed by atoms with Gasteiger partial charge in [-0.25, -0.2) is 4.98 Å². The van der Waals surface area contributed by atoms with Crippen molar-refractivity contribution in [2.75, 3.05) is 38.1 Å². The fourth-order valence-electron chi connectivity index (χ4n) is 3.81. The van der Waals surface area contributed by atoms with Gasteiger partial charge < -0.3 is 14.6 Å². The predicted octanol–water partition coefficient (Wildman–Crippen LogP) is 4.42. The first-order valence-electron chi connectivity index (χ1n) is 12.7. The second-order valence-corrected chi connectivity index (χ2v) is 12.7. The van der Waals surface area contributed by atoms with Crippen molar-refractivity contribution in [1.82, 2.24) is 19.0 Å². The van der Waals surface area contributed by atoms with E-state index in [1.165, 1.54) is 12.8 Å². The Kier molecular flexibility index (Phi) is 8.33. The van der Waals surface area contributed by atoms with Crippen LogP contribution in [0.5, 0.6) is 0 Å². The van der Waals surface area contributed by atoms with E-state index in [2.05, 4.69) is 45.6 Å². The van der Waals surface area contributed by atoms with Gasteiger partial charge in [0, 0.05) is 48.7 Å². The number of fused-ring (bicyclic) bond motifs is 1. The molecule has 37 heavy (non-hydrogen) atoms. The average molecular weight is 541 g/mol. The highest BCUT2D eigenvalue weighted by Crippen LogP contribution is 2.49. The number of nitriles is 1. The van der Waals surface area contributed by atoms with Crippen molar-refractivity contribution in [1.29, 1.82) is 16.1 Å². The normalized spacial score (nSPS) is 19.6. The molecule has 0 aromatic carbocycles. The summed E-state index contributed by atoms with van der Waals surface area (Å²) in [5.74, 6) is 0.731. The van der Waals surface area contributed by atoms with Crippen LogP contribution in [-0.4, -0.2) is 69.4 Å².